The van der Waals surface area contributed by atoms with Crippen LogP contribution < -0.4 is 16.8 Å². The molecule has 1 aromatic carbocycles. The summed E-state index contributed by atoms with van der Waals surface area (Å²) in [6, 6.07) is 4.95. The highest BCUT2D eigenvalue weighted by molar-refractivity contribution is 5.96. The fourth-order valence-electron chi connectivity index (χ4n) is 2.28. The Balaban J connectivity index is 2.00. The van der Waals surface area contributed by atoms with E-state index < -0.39 is 0 Å². The van der Waals surface area contributed by atoms with Crippen LogP contribution in [0.3, 0.4) is 0 Å². The molecule has 1 saturated carbocycles. The molecule has 2 rings (SSSR count). The van der Waals surface area contributed by atoms with Gasteiger partial charge in [-0.1, -0.05) is 13.8 Å². The van der Waals surface area contributed by atoms with E-state index in [2.05, 4.69) is 19.2 Å². The van der Waals surface area contributed by atoms with Crippen molar-refractivity contribution in [2.75, 3.05) is 18.0 Å². The molecule has 1 aliphatic rings. The van der Waals surface area contributed by atoms with Crippen LogP contribution in [-0.4, -0.2) is 12.5 Å². The molecule has 1 aliphatic carbocycles. The monoisotopic (exact) mass is 247 g/mol. The number of carbonyl (C=O) groups excluding carboxylic acids is 1. The Labute approximate surface area is 108 Å². The first-order valence-electron chi connectivity index (χ1n) is 6.37. The number of anilines is 2. The normalized spacial score (nSPS) is 16.6. The van der Waals surface area contributed by atoms with Gasteiger partial charge in [0, 0.05) is 23.5 Å². The summed E-state index contributed by atoms with van der Waals surface area (Å²) in [5.74, 6) is 0.504. The Kier molecular flexibility index (Phi) is 3.20. The molecule has 0 spiro atoms. The van der Waals surface area contributed by atoms with Crippen LogP contribution in [0.25, 0.3) is 0 Å². The van der Waals surface area contributed by atoms with E-state index >= 15 is 0 Å². The first-order chi connectivity index (χ1) is 8.43. The molecular weight excluding hydrogens is 226 g/mol. The van der Waals surface area contributed by atoms with Gasteiger partial charge in [-0.05, 0) is 42.4 Å². The highest BCUT2D eigenvalue weighted by atomic mass is 16.1. The van der Waals surface area contributed by atoms with Crippen LogP contribution in [0.4, 0.5) is 11.4 Å². The van der Waals surface area contributed by atoms with Gasteiger partial charge in [-0.3, -0.25) is 4.79 Å². The zero-order valence-electron chi connectivity index (χ0n) is 11.0. The fourth-order valence-corrected chi connectivity index (χ4v) is 2.28. The van der Waals surface area contributed by atoms with E-state index in [0.717, 1.165) is 6.54 Å². The van der Waals surface area contributed by atoms with Crippen LogP contribution in [0.5, 0.6) is 0 Å². The first-order valence-corrected chi connectivity index (χ1v) is 6.37. The molecule has 4 nitrogen and oxygen atoms in total. The highest BCUT2D eigenvalue weighted by Crippen LogP contribution is 2.51. The van der Waals surface area contributed by atoms with Crippen molar-refractivity contribution < 1.29 is 4.79 Å². The van der Waals surface area contributed by atoms with Crippen molar-refractivity contribution in [3.8, 4) is 0 Å². The van der Waals surface area contributed by atoms with Crippen molar-refractivity contribution in [2.24, 2.45) is 11.3 Å². The van der Waals surface area contributed by atoms with Crippen LogP contribution in [0.1, 0.15) is 37.0 Å². The molecule has 0 saturated heterocycles. The molecule has 0 unspecified atom stereocenters. The van der Waals surface area contributed by atoms with Gasteiger partial charge in [-0.25, -0.2) is 0 Å². The van der Waals surface area contributed by atoms with Gasteiger partial charge in [0.05, 0.1) is 0 Å². The van der Waals surface area contributed by atoms with Gasteiger partial charge in [0.1, 0.15) is 0 Å². The van der Waals surface area contributed by atoms with Gasteiger partial charge >= 0.3 is 0 Å². The minimum Gasteiger partial charge on any atom is -0.399 e. The van der Waals surface area contributed by atoms with Crippen LogP contribution in [0, 0.1) is 11.3 Å². The van der Waals surface area contributed by atoms with E-state index in [1.165, 1.54) is 12.8 Å². The lowest BCUT2D eigenvalue weighted by molar-refractivity contribution is 0.0940. The average molecular weight is 247 g/mol. The van der Waals surface area contributed by atoms with E-state index in [1.807, 2.05) is 0 Å². The molecule has 0 aromatic heterocycles. The maximum absolute atomic E-state index is 12.0. The molecule has 18 heavy (non-hydrogen) atoms. The van der Waals surface area contributed by atoms with Gasteiger partial charge in [0.2, 0.25) is 0 Å². The lowest BCUT2D eigenvalue weighted by Crippen LogP contribution is -2.32. The first kappa shape index (κ1) is 12.7. The summed E-state index contributed by atoms with van der Waals surface area (Å²) < 4.78 is 0. The summed E-state index contributed by atoms with van der Waals surface area (Å²) in [5, 5.41) is 2.99. The van der Waals surface area contributed by atoms with Crippen LogP contribution in [-0.2, 0) is 0 Å². The second-order valence-corrected chi connectivity index (χ2v) is 5.59. The Morgan fingerprint density at radius 3 is 2.28 bits per heavy atom. The molecule has 1 aromatic rings. The smallest absolute Gasteiger partial charge is 0.251 e. The zero-order chi connectivity index (χ0) is 13.3. The van der Waals surface area contributed by atoms with E-state index in [-0.39, 0.29) is 5.91 Å². The number of nitrogens with two attached hydrogens (primary N) is 2. The standard InChI is InChI=1S/C14H21N3O/c1-9(2)14(3-4-14)8-17-13(18)10-5-11(15)7-12(16)6-10/h5-7,9H,3-4,8,15-16H2,1-2H3,(H,17,18). The van der Waals surface area contributed by atoms with E-state index in [4.69, 9.17) is 11.5 Å². The lowest BCUT2D eigenvalue weighted by Gasteiger charge is -2.20. The predicted molar refractivity (Wildman–Crippen MR) is 74.1 cm³/mol. The van der Waals surface area contributed by atoms with Crippen molar-refractivity contribution in [3.63, 3.8) is 0 Å². The number of hydrogen-bond donors (Lipinski definition) is 3. The molecule has 0 atom stereocenters. The molecule has 0 bridgehead atoms. The Hall–Kier alpha value is -1.71. The van der Waals surface area contributed by atoms with E-state index in [0.29, 0.717) is 28.3 Å². The number of benzene rings is 1. The average Bonchev–Trinajstić information content (AvgIpc) is 3.05. The molecule has 0 aliphatic heterocycles. The summed E-state index contributed by atoms with van der Waals surface area (Å²) in [4.78, 5) is 12.0. The fraction of sp³-hybridized carbons (Fsp3) is 0.500. The third kappa shape index (κ3) is 2.58. The summed E-state index contributed by atoms with van der Waals surface area (Å²) in [7, 11) is 0. The van der Waals surface area contributed by atoms with E-state index in [9.17, 15) is 4.79 Å². The van der Waals surface area contributed by atoms with Crippen molar-refractivity contribution in [2.45, 2.75) is 26.7 Å². The number of carbonyl (C=O) groups is 1. The molecule has 0 heterocycles. The molecular formula is C14H21N3O. The largest absolute Gasteiger partial charge is 0.399 e. The number of nitrogens with one attached hydrogen (secondary N) is 1. The van der Waals surface area contributed by atoms with Crippen molar-refractivity contribution in [3.05, 3.63) is 23.8 Å². The molecule has 1 fully saturated rings. The maximum Gasteiger partial charge on any atom is 0.251 e. The second kappa shape index (κ2) is 4.52. The zero-order valence-corrected chi connectivity index (χ0v) is 11.0. The van der Waals surface area contributed by atoms with Crippen LogP contribution >= 0.6 is 0 Å². The minimum absolute atomic E-state index is 0.0964. The Morgan fingerprint density at radius 2 is 1.83 bits per heavy atom. The van der Waals surface area contributed by atoms with Crippen molar-refractivity contribution in [1.29, 1.82) is 0 Å². The van der Waals surface area contributed by atoms with Gasteiger partial charge < -0.3 is 16.8 Å². The highest BCUT2D eigenvalue weighted by Gasteiger charge is 2.45. The van der Waals surface area contributed by atoms with Gasteiger partial charge in [-0.15, -0.1) is 0 Å². The topological polar surface area (TPSA) is 81.1 Å². The Bertz CT molecular complexity index is 444. The summed E-state index contributed by atoms with van der Waals surface area (Å²) in [5.41, 5.74) is 13.2. The summed E-state index contributed by atoms with van der Waals surface area (Å²) in [6.45, 7) is 5.15. The molecule has 1 amide bonds. The summed E-state index contributed by atoms with van der Waals surface area (Å²) >= 11 is 0. The molecule has 98 valence electrons. The lowest BCUT2D eigenvalue weighted by atomic mass is 9.92. The molecule has 4 heteroatoms. The van der Waals surface area contributed by atoms with Crippen LogP contribution in [0.2, 0.25) is 0 Å². The van der Waals surface area contributed by atoms with Crippen LogP contribution in [0.15, 0.2) is 18.2 Å². The van der Waals surface area contributed by atoms with Crippen molar-refractivity contribution in [1.82, 2.24) is 5.32 Å². The summed E-state index contributed by atoms with van der Waals surface area (Å²) in [6.07, 6.45) is 2.40. The number of rotatable bonds is 4. The molecule has 5 N–H and O–H groups in total. The SMILES string of the molecule is CC(C)C1(CNC(=O)c2cc(N)cc(N)c2)CC1. The number of amides is 1. The quantitative estimate of drug-likeness (QED) is 0.712. The Morgan fingerprint density at radius 1 is 1.28 bits per heavy atom. The second-order valence-electron chi connectivity index (χ2n) is 5.59. The van der Waals surface area contributed by atoms with Crippen molar-refractivity contribution >= 4 is 17.3 Å². The van der Waals surface area contributed by atoms with Gasteiger partial charge in [-0.2, -0.15) is 0 Å². The number of hydrogen-bond acceptors (Lipinski definition) is 3. The number of nitrogen functional groups attached to an aromatic ring is 2. The maximum atomic E-state index is 12.0. The third-order valence-corrected chi connectivity index (χ3v) is 3.96. The minimum atomic E-state index is -0.0964. The molecule has 0 radical (unpaired) electrons. The predicted octanol–water partition coefficient (Wildman–Crippen LogP) is 2.02. The van der Waals surface area contributed by atoms with Gasteiger partial charge in [0.25, 0.3) is 5.91 Å². The third-order valence-electron chi connectivity index (χ3n) is 3.96. The van der Waals surface area contributed by atoms with E-state index in [1.54, 1.807) is 18.2 Å². The van der Waals surface area contributed by atoms with Gasteiger partial charge in [0.15, 0.2) is 0 Å².